The van der Waals surface area contributed by atoms with E-state index in [0.29, 0.717) is 17.5 Å². The lowest BCUT2D eigenvalue weighted by Crippen LogP contribution is -2.02. The van der Waals surface area contributed by atoms with Crippen LogP contribution < -0.4 is 0 Å². The summed E-state index contributed by atoms with van der Waals surface area (Å²) in [5, 5.41) is 12.7. The molecule has 2 heterocycles. The Bertz CT molecular complexity index is 3370. The van der Waals surface area contributed by atoms with E-state index < -0.39 is 0 Å². The molecule has 10 aromatic carbocycles. The van der Waals surface area contributed by atoms with Crippen molar-refractivity contribution in [2.75, 3.05) is 0 Å². The van der Waals surface area contributed by atoms with E-state index in [-0.39, 0.29) is 0 Å². The number of benzene rings is 10. The predicted octanol–water partition coefficient (Wildman–Crippen LogP) is 14.5. The van der Waals surface area contributed by atoms with E-state index in [2.05, 4.69) is 176 Å². The summed E-state index contributed by atoms with van der Waals surface area (Å²) in [7, 11) is 0. The number of fused-ring (bicyclic) bond motifs is 6. The summed E-state index contributed by atoms with van der Waals surface area (Å²) in [6.07, 6.45) is 1.84. The molecule has 4 heteroatoms. The summed E-state index contributed by atoms with van der Waals surface area (Å²) < 4.78 is 0. The average molecular weight is 763 g/mol. The van der Waals surface area contributed by atoms with Gasteiger partial charge in [-0.05, 0) is 119 Å². The van der Waals surface area contributed by atoms with Crippen LogP contribution in [-0.4, -0.2) is 19.9 Å². The van der Waals surface area contributed by atoms with Crippen LogP contribution in [0.25, 0.3) is 121 Å². The highest BCUT2D eigenvalue weighted by molar-refractivity contribution is 6.16. The second-order valence-electron chi connectivity index (χ2n) is 15.4. The summed E-state index contributed by atoms with van der Waals surface area (Å²) >= 11 is 0. The monoisotopic (exact) mass is 762 g/mol. The minimum Gasteiger partial charge on any atom is -0.256 e. The first-order valence-electron chi connectivity index (χ1n) is 20.3. The maximum Gasteiger partial charge on any atom is 0.165 e. The third kappa shape index (κ3) is 5.61. The number of rotatable bonds is 5. The standard InChI is InChI=1S/C56H34N4/c1-2-15-35(16-3-1)54-58-55(60-56(59-54)53-48-26-13-8-21-40(48)34-50-49(53)27-14-28-57-50)43-32-41(51-44-22-9-4-17-36(44)29-37-18-5-10-23-45(37)51)31-42(33-43)52-46-24-11-6-19-38(46)30-39-20-7-12-25-47(39)52/h1-34H. The zero-order valence-electron chi connectivity index (χ0n) is 32.4. The van der Waals surface area contributed by atoms with Crippen molar-refractivity contribution < 1.29 is 0 Å². The lowest BCUT2D eigenvalue weighted by atomic mass is 9.87. The second kappa shape index (κ2) is 13.8. The van der Waals surface area contributed by atoms with Crippen molar-refractivity contribution in [1.29, 1.82) is 0 Å². The molecule has 0 aliphatic carbocycles. The van der Waals surface area contributed by atoms with Crippen LogP contribution in [0, 0.1) is 0 Å². The molecule has 0 radical (unpaired) electrons. The van der Waals surface area contributed by atoms with Gasteiger partial charge in [0.05, 0.1) is 5.52 Å². The van der Waals surface area contributed by atoms with Crippen LogP contribution in [-0.2, 0) is 0 Å². The minimum atomic E-state index is 0.598. The van der Waals surface area contributed by atoms with E-state index in [1.165, 1.54) is 54.2 Å². The summed E-state index contributed by atoms with van der Waals surface area (Å²) in [4.78, 5) is 20.9. The van der Waals surface area contributed by atoms with Crippen molar-refractivity contribution in [3.05, 3.63) is 206 Å². The predicted molar refractivity (Wildman–Crippen MR) is 250 cm³/mol. The molecule has 0 atom stereocenters. The first-order valence-corrected chi connectivity index (χ1v) is 20.3. The Kier molecular flexibility index (Phi) is 7.82. The van der Waals surface area contributed by atoms with Crippen LogP contribution in [0.15, 0.2) is 206 Å². The highest BCUT2D eigenvalue weighted by Crippen LogP contribution is 2.44. The van der Waals surface area contributed by atoms with Crippen molar-refractivity contribution in [3.8, 4) is 56.4 Å². The zero-order valence-corrected chi connectivity index (χ0v) is 32.4. The van der Waals surface area contributed by atoms with Gasteiger partial charge in [0.15, 0.2) is 17.5 Å². The molecule has 12 aromatic rings. The molecule has 0 bridgehead atoms. The van der Waals surface area contributed by atoms with Crippen molar-refractivity contribution in [2.45, 2.75) is 0 Å². The molecule has 0 aliphatic rings. The maximum absolute atomic E-state index is 5.47. The Morgan fingerprint density at radius 3 is 1.15 bits per heavy atom. The first kappa shape index (κ1) is 34.0. The highest BCUT2D eigenvalue weighted by Gasteiger charge is 2.21. The van der Waals surface area contributed by atoms with Gasteiger partial charge in [-0.2, -0.15) is 0 Å². The van der Waals surface area contributed by atoms with Crippen LogP contribution in [0.5, 0.6) is 0 Å². The highest BCUT2D eigenvalue weighted by atomic mass is 15.0. The lowest BCUT2D eigenvalue weighted by molar-refractivity contribution is 1.08. The van der Waals surface area contributed by atoms with E-state index in [9.17, 15) is 0 Å². The van der Waals surface area contributed by atoms with Gasteiger partial charge in [0.25, 0.3) is 0 Å². The number of pyridine rings is 1. The van der Waals surface area contributed by atoms with Gasteiger partial charge in [0, 0.05) is 28.3 Å². The van der Waals surface area contributed by atoms with Crippen molar-refractivity contribution in [1.82, 2.24) is 19.9 Å². The Labute approximate surface area is 346 Å². The Morgan fingerprint density at radius 2 is 0.633 bits per heavy atom. The van der Waals surface area contributed by atoms with Gasteiger partial charge in [0.1, 0.15) is 0 Å². The van der Waals surface area contributed by atoms with E-state index in [1.54, 1.807) is 0 Å². The van der Waals surface area contributed by atoms with Crippen LogP contribution in [0.2, 0.25) is 0 Å². The molecular weight excluding hydrogens is 729 g/mol. The van der Waals surface area contributed by atoms with Gasteiger partial charge in [0.2, 0.25) is 0 Å². The van der Waals surface area contributed by atoms with Gasteiger partial charge in [-0.3, -0.25) is 4.98 Å². The summed E-state index contributed by atoms with van der Waals surface area (Å²) in [5.74, 6) is 1.81. The van der Waals surface area contributed by atoms with Crippen LogP contribution in [0.3, 0.4) is 0 Å². The molecule has 2 aromatic heterocycles. The van der Waals surface area contributed by atoms with Crippen LogP contribution in [0.4, 0.5) is 0 Å². The van der Waals surface area contributed by atoms with E-state index in [0.717, 1.165) is 49.5 Å². The van der Waals surface area contributed by atoms with Gasteiger partial charge in [-0.15, -0.1) is 0 Å². The average Bonchev–Trinajstić information content (AvgIpc) is 3.31. The molecule has 0 amide bonds. The summed E-state index contributed by atoms with van der Waals surface area (Å²) in [6, 6.07) is 71.3. The number of hydrogen-bond donors (Lipinski definition) is 0. The SMILES string of the molecule is c1ccc(-c2nc(-c3cc(-c4c5ccccc5cc5ccccc45)cc(-c4c5ccccc5cc5ccccc45)c3)nc(-c3c4ccccc4cc4ncccc34)n2)cc1. The molecule has 0 aliphatic heterocycles. The fraction of sp³-hybridized carbons (Fsp3) is 0. The fourth-order valence-electron chi connectivity index (χ4n) is 9.16. The third-order valence-electron chi connectivity index (χ3n) is 11.8. The molecule has 4 nitrogen and oxygen atoms in total. The summed E-state index contributed by atoms with van der Waals surface area (Å²) in [5.41, 5.74) is 8.20. The first-order chi connectivity index (χ1) is 29.7. The Morgan fingerprint density at radius 1 is 0.250 bits per heavy atom. The summed E-state index contributed by atoms with van der Waals surface area (Å²) in [6.45, 7) is 0. The number of aromatic nitrogens is 4. The molecule has 12 rings (SSSR count). The van der Waals surface area contributed by atoms with Gasteiger partial charge < -0.3 is 0 Å². The van der Waals surface area contributed by atoms with Crippen molar-refractivity contribution in [2.24, 2.45) is 0 Å². The molecular formula is C56H34N4. The molecule has 0 saturated carbocycles. The molecule has 0 unspecified atom stereocenters. The van der Waals surface area contributed by atoms with E-state index >= 15 is 0 Å². The Balaban J connectivity index is 1.22. The van der Waals surface area contributed by atoms with Crippen molar-refractivity contribution >= 4 is 64.8 Å². The zero-order chi connectivity index (χ0) is 39.6. The topological polar surface area (TPSA) is 51.6 Å². The normalized spacial score (nSPS) is 11.7. The quantitative estimate of drug-likeness (QED) is 0.164. The van der Waals surface area contributed by atoms with Crippen LogP contribution >= 0.6 is 0 Å². The molecule has 0 saturated heterocycles. The molecule has 0 N–H and O–H groups in total. The van der Waals surface area contributed by atoms with E-state index in [1.807, 2.05) is 30.5 Å². The van der Waals surface area contributed by atoms with Gasteiger partial charge in [-0.25, -0.2) is 15.0 Å². The van der Waals surface area contributed by atoms with Crippen LogP contribution in [0.1, 0.15) is 0 Å². The smallest absolute Gasteiger partial charge is 0.165 e. The molecule has 0 spiro atoms. The minimum absolute atomic E-state index is 0.598. The fourth-order valence-corrected chi connectivity index (χ4v) is 9.16. The van der Waals surface area contributed by atoms with E-state index in [4.69, 9.17) is 19.9 Å². The van der Waals surface area contributed by atoms with Gasteiger partial charge in [-0.1, -0.05) is 158 Å². The van der Waals surface area contributed by atoms with Crippen molar-refractivity contribution in [3.63, 3.8) is 0 Å². The second-order valence-corrected chi connectivity index (χ2v) is 15.4. The molecule has 60 heavy (non-hydrogen) atoms. The maximum atomic E-state index is 5.47. The largest absolute Gasteiger partial charge is 0.256 e. The lowest BCUT2D eigenvalue weighted by Gasteiger charge is -2.18. The molecule has 0 fully saturated rings. The number of hydrogen-bond acceptors (Lipinski definition) is 4. The Hall–Kier alpha value is -8.08. The van der Waals surface area contributed by atoms with Gasteiger partial charge >= 0.3 is 0 Å². The third-order valence-corrected chi connectivity index (χ3v) is 11.8. The molecule has 278 valence electrons. The number of nitrogens with zero attached hydrogens (tertiary/aromatic N) is 4.